The first kappa shape index (κ1) is 15.3. The number of nitrogens with zero attached hydrogens (tertiary/aromatic N) is 1. The third kappa shape index (κ3) is 3.53. The summed E-state index contributed by atoms with van der Waals surface area (Å²) in [6.07, 6.45) is 3.48. The minimum absolute atomic E-state index is 0.0519. The standard InChI is InChI=1S/C17H28N2O/c1-17(2,20-4)11-13-19-12-7-9-15(18-3)14-8-5-6-10-16(14)19/h5-6,8,10,15,18H,7,9,11-13H2,1-4H3. The zero-order valence-corrected chi connectivity index (χ0v) is 13.3. The lowest BCUT2D eigenvalue weighted by Gasteiger charge is -2.30. The van der Waals surface area contributed by atoms with Crippen molar-refractivity contribution < 1.29 is 4.74 Å². The molecule has 0 spiro atoms. The molecular weight excluding hydrogens is 248 g/mol. The van der Waals surface area contributed by atoms with Crippen molar-refractivity contribution in [3.8, 4) is 0 Å². The van der Waals surface area contributed by atoms with Crippen LogP contribution in [-0.4, -0.2) is 32.8 Å². The molecule has 0 radical (unpaired) electrons. The van der Waals surface area contributed by atoms with Crippen LogP contribution in [0.4, 0.5) is 5.69 Å². The number of hydrogen-bond donors (Lipinski definition) is 1. The minimum atomic E-state index is -0.0519. The molecule has 0 saturated heterocycles. The Balaban J connectivity index is 2.17. The predicted molar refractivity (Wildman–Crippen MR) is 85.4 cm³/mol. The molecule has 2 rings (SSSR count). The van der Waals surface area contributed by atoms with Crippen molar-refractivity contribution in [2.45, 2.75) is 44.8 Å². The fourth-order valence-electron chi connectivity index (χ4n) is 2.87. The smallest absolute Gasteiger partial charge is 0.0639 e. The lowest BCUT2D eigenvalue weighted by Crippen LogP contribution is -2.33. The Morgan fingerprint density at radius 2 is 2.10 bits per heavy atom. The maximum absolute atomic E-state index is 5.55. The van der Waals surface area contributed by atoms with Gasteiger partial charge in [-0.05, 0) is 51.8 Å². The lowest BCUT2D eigenvalue weighted by molar-refractivity contribution is 0.0172. The van der Waals surface area contributed by atoms with Gasteiger partial charge in [-0.25, -0.2) is 0 Å². The van der Waals surface area contributed by atoms with Crippen LogP contribution < -0.4 is 10.2 Å². The van der Waals surface area contributed by atoms with E-state index in [1.54, 1.807) is 7.11 Å². The Morgan fingerprint density at radius 1 is 1.35 bits per heavy atom. The quantitative estimate of drug-likeness (QED) is 0.892. The van der Waals surface area contributed by atoms with E-state index in [-0.39, 0.29) is 5.60 Å². The molecule has 0 amide bonds. The molecule has 0 saturated carbocycles. The Kier molecular flexibility index (Phi) is 5.06. The van der Waals surface area contributed by atoms with Crippen LogP contribution in [0.25, 0.3) is 0 Å². The molecule has 0 bridgehead atoms. The van der Waals surface area contributed by atoms with Crippen LogP contribution in [0, 0.1) is 0 Å². The summed E-state index contributed by atoms with van der Waals surface area (Å²) in [7, 11) is 3.86. The summed E-state index contributed by atoms with van der Waals surface area (Å²) in [4.78, 5) is 2.52. The highest BCUT2D eigenvalue weighted by Gasteiger charge is 2.23. The van der Waals surface area contributed by atoms with Gasteiger partial charge in [0.15, 0.2) is 0 Å². The SMILES string of the molecule is CNC1CCCN(CCC(C)(C)OC)c2ccccc21. The van der Waals surface area contributed by atoms with E-state index in [0.29, 0.717) is 6.04 Å². The summed E-state index contributed by atoms with van der Waals surface area (Å²) in [6, 6.07) is 9.28. The van der Waals surface area contributed by atoms with E-state index in [1.807, 2.05) is 0 Å². The van der Waals surface area contributed by atoms with Crippen LogP contribution in [0.1, 0.15) is 44.7 Å². The van der Waals surface area contributed by atoms with E-state index in [4.69, 9.17) is 4.74 Å². The second kappa shape index (κ2) is 6.59. The summed E-state index contributed by atoms with van der Waals surface area (Å²) in [5.41, 5.74) is 2.77. The molecule has 1 N–H and O–H groups in total. The summed E-state index contributed by atoms with van der Waals surface area (Å²) in [5.74, 6) is 0. The van der Waals surface area contributed by atoms with Crippen molar-refractivity contribution in [1.29, 1.82) is 0 Å². The molecule has 1 aliphatic heterocycles. The van der Waals surface area contributed by atoms with Gasteiger partial charge in [0.05, 0.1) is 5.60 Å². The van der Waals surface area contributed by atoms with Crippen LogP contribution in [-0.2, 0) is 4.74 Å². The number of benzene rings is 1. The number of methoxy groups -OCH3 is 1. The normalized spacial score (nSPS) is 19.6. The van der Waals surface area contributed by atoms with E-state index < -0.39 is 0 Å². The first-order valence-electron chi connectivity index (χ1n) is 7.63. The van der Waals surface area contributed by atoms with Gasteiger partial charge in [0.25, 0.3) is 0 Å². The molecule has 1 atom stereocenters. The second-order valence-corrected chi connectivity index (χ2v) is 6.24. The van der Waals surface area contributed by atoms with Gasteiger partial charge >= 0.3 is 0 Å². The first-order chi connectivity index (χ1) is 9.57. The molecular formula is C17H28N2O. The molecule has 20 heavy (non-hydrogen) atoms. The Morgan fingerprint density at radius 3 is 2.80 bits per heavy atom. The monoisotopic (exact) mass is 276 g/mol. The third-order valence-corrected chi connectivity index (χ3v) is 4.46. The van der Waals surface area contributed by atoms with Crippen molar-refractivity contribution >= 4 is 5.69 Å². The van der Waals surface area contributed by atoms with Gasteiger partial charge in [-0.3, -0.25) is 0 Å². The Bertz CT molecular complexity index is 431. The Hall–Kier alpha value is -1.06. The fraction of sp³-hybridized carbons (Fsp3) is 0.647. The first-order valence-corrected chi connectivity index (χ1v) is 7.63. The number of rotatable bonds is 5. The van der Waals surface area contributed by atoms with Gasteiger partial charge in [0, 0.05) is 31.9 Å². The van der Waals surface area contributed by atoms with Gasteiger partial charge in [0.2, 0.25) is 0 Å². The molecule has 1 aliphatic rings. The molecule has 1 unspecified atom stereocenters. The molecule has 0 aliphatic carbocycles. The van der Waals surface area contributed by atoms with E-state index in [9.17, 15) is 0 Å². The van der Waals surface area contributed by atoms with Gasteiger partial charge in [-0.15, -0.1) is 0 Å². The fourth-order valence-corrected chi connectivity index (χ4v) is 2.87. The molecule has 0 aromatic heterocycles. The number of fused-ring (bicyclic) bond motifs is 1. The number of ether oxygens (including phenoxy) is 1. The van der Waals surface area contributed by atoms with Crippen molar-refractivity contribution in [2.24, 2.45) is 0 Å². The minimum Gasteiger partial charge on any atom is -0.379 e. The second-order valence-electron chi connectivity index (χ2n) is 6.24. The predicted octanol–water partition coefficient (Wildman–Crippen LogP) is 3.36. The molecule has 0 fully saturated rings. The van der Waals surface area contributed by atoms with E-state index in [0.717, 1.165) is 19.5 Å². The van der Waals surface area contributed by atoms with Crippen molar-refractivity contribution in [2.75, 3.05) is 32.1 Å². The average Bonchev–Trinajstić information content (AvgIpc) is 2.64. The number of nitrogens with one attached hydrogen (secondary N) is 1. The van der Waals surface area contributed by atoms with E-state index in [2.05, 4.69) is 55.4 Å². The molecule has 1 heterocycles. The maximum Gasteiger partial charge on any atom is 0.0639 e. The van der Waals surface area contributed by atoms with Crippen molar-refractivity contribution in [3.63, 3.8) is 0 Å². The van der Waals surface area contributed by atoms with E-state index >= 15 is 0 Å². The van der Waals surface area contributed by atoms with Gasteiger partial charge in [-0.2, -0.15) is 0 Å². The van der Waals surface area contributed by atoms with Crippen molar-refractivity contribution in [1.82, 2.24) is 5.32 Å². The van der Waals surface area contributed by atoms with Crippen LogP contribution >= 0.6 is 0 Å². The van der Waals surface area contributed by atoms with Crippen LogP contribution in [0.5, 0.6) is 0 Å². The molecule has 112 valence electrons. The van der Waals surface area contributed by atoms with E-state index in [1.165, 1.54) is 24.1 Å². The summed E-state index contributed by atoms with van der Waals surface area (Å²) in [5, 5.41) is 3.45. The average molecular weight is 276 g/mol. The number of anilines is 1. The highest BCUT2D eigenvalue weighted by molar-refractivity contribution is 5.55. The molecule has 1 aromatic carbocycles. The maximum atomic E-state index is 5.55. The number of para-hydroxylation sites is 1. The summed E-state index contributed by atoms with van der Waals surface area (Å²) >= 11 is 0. The van der Waals surface area contributed by atoms with Crippen molar-refractivity contribution in [3.05, 3.63) is 29.8 Å². The van der Waals surface area contributed by atoms with Gasteiger partial charge < -0.3 is 15.0 Å². The van der Waals surface area contributed by atoms with Gasteiger partial charge in [-0.1, -0.05) is 18.2 Å². The lowest BCUT2D eigenvalue weighted by atomic mass is 10.0. The van der Waals surface area contributed by atoms with Gasteiger partial charge in [0.1, 0.15) is 0 Å². The highest BCUT2D eigenvalue weighted by atomic mass is 16.5. The van der Waals surface area contributed by atoms with Crippen LogP contribution in [0.2, 0.25) is 0 Å². The molecule has 1 aromatic rings. The molecule has 3 heteroatoms. The molecule has 3 nitrogen and oxygen atoms in total. The van der Waals surface area contributed by atoms with Crippen LogP contribution in [0.15, 0.2) is 24.3 Å². The third-order valence-electron chi connectivity index (χ3n) is 4.46. The summed E-state index contributed by atoms with van der Waals surface area (Å²) in [6.45, 7) is 6.50. The zero-order chi connectivity index (χ0) is 14.6. The highest BCUT2D eigenvalue weighted by Crippen LogP contribution is 2.33. The zero-order valence-electron chi connectivity index (χ0n) is 13.3. The Labute approximate surface area is 123 Å². The topological polar surface area (TPSA) is 24.5 Å². The largest absolute Gasteiger partial charge is 0.379 e. The summed E-state index contributed by atoms with van der Waals surface area (Å²) < 4.78 is 5.55. The number of hydrogen-bond acceptors (Lipinski definition) is 3. The van der Waals surface area contributed by atoms with Crippen LogP contribution in [0.3, 0.4) is 0 Å².